The van der Waals surface area contributed by atoms with E-state index < -0.39 is 0 Å². The standard InChI is InChI=1S/C19H20ClN3O2/c1-14-12-23(17-5-3-2-4-16(17)20)19(25)13-22(14)18(24)7-6-15-8-10-21-11-9-15/h2-5,8-11,14H,6-7,12-13H2,1H3/t14-/m0/s1. The number of benzene rings is 1. The van der Waals surface area contributed by atoms with Gasteiger partial charge in [-0.25, -0.2) is 0 Å². The molecule has 0 spiro atoms. The number of anilines is 1. The maximum Gasteiger partial charge on any atom is 0.246 e. The maximum absolute atomic E-state index is 12.6. The lowest BCUT2D eigenvalue weighted by atomic mass is 10.1. The Kier molecular flexibility index (Phi) is 5.34. The van der Waals surface area contributed by atoms with E-state index in [4.69, 9.17) is 11.6 Å². The minimum Gasteiger partial charge on any atom is -0.329 e. The van der Waals surface area contributed by atoms with Gasteiger partial charge in [0.2, 0.25) is 11.8 Å². The van der Waals surface area contributed by atoms with Gasteiger partial charge in [0, 0.05) is 31.4 Å². The van der Waals surface area contributed by atoms with E-state index >= 15 is 0 Å². The summed E-state index contributed by atoms with van der Waals surface area (Å²) in [6, 6.07) is 11.0. The van der Waals surface area contributed by atoms with Crippen molar-refractivity contribution in [2.24, 2.45) is 0 Å². The number of rotatable bonds is 4. The fourth-order valence-corrected chi connectivity index (χ4v) is 3.27. The second-order valence-electron chi connectivity index (χ2n) is 6.18. The van der Waals surface area contributed by atoms with Crippen LogP contribution in [0.25, 0.3) is 0 Å². The van der Waals surface area contributed by atoms with Crippen LogP contribution in [0.15, 0.2) is 48.8 Å². The lowest BCUT2D eigenvalue weighted by Crippen LogP contribution is -2.57. The number of aryl methyl sites for hydroxylation is 1. The van der Waals surface area contributed by atoms with Gasteiger partial charge in [0.25, 0.3) is 0 Å². The molecule has 1 aliphatic heterocycles. The van der Waals surface area contributed by atoms with Crippen molar-refractivity contribution >= 4 is 29.1 Å². The Balaban J connectivity index is 1.65. The maximum atomic E-state index is 12.6. The molecule has 0 N–H and O–H groups in total. The fourth-order valence-electron chi connectivity index (χ4n) is 3.03. The van der Waals surface area contributed by atoms with Crippen LogP contribution in [0.4, 0.5) is 5.69 Å². The molecule has 3 rings (SSSR count). The van der Waals surface area contributed by atoms with E-state index in [1.54, 1.807) is 28.3 Å². The number of hydrogen-bond acceptors (Lipinski definition) is 3. The van der Waals surface area contributed by atoms with Gasteiger partial charge in [0.1, 0.15) is 6.54 Å². The number of piperazine rings is 1. The smallest absolute Gasteiger partial charge is 0.246 e. The molecule has 6 heteroatoms. The van der Waals surface area contributed by atoms with Gasteiger partial charge in [-0.2, -0.15) is 0 Å². The Hall–Kier alpha value is -2.40. The van der Waals surface area contributed by atoms with Crippen LogP contribution in [0, 0.1) is 0 Å². The number of nitrogens with zero attached hydrogens (tertiary/aromatic N) is 3. The quantitative estimate of drug-likeness (QED) is 0.845. The number of halogens is 1. The van der Waals surface area contributed by atoms with Gasteiger partial charge >= 0.3 is 0 Å². The number of carbonyl (C=O) groups excluding carboxylic acids is 2. The third-order valence-electron chi connectivity index (χ3n) is 4.43. The molecule has 25 heavy (non-hydrogen) atoms. The van der Waals surface area contributed by atoms with Gasteiger partial charge in [-0.15, -0.1) is 0 Å². The first kappa shape index (κ1) is 17.4. The van der Waals surface area contributed by atoms with Crippen molar-refractivity contribution in [1.29, 1.82) is 0 Å². The highest BCUT2D eigenvalue weighted by atomic mass is 35.5. The summed E-state index contributed by atoms with van der Waals surface area (Å²) in [5.41, 5.74) is 1.77. The third kappa shape index (κ3) is 3.99. The van der Waals surface area contributed by atoms with Crippen LogP contribution >= 0.6 is 11.6 Å². The molecule has 0 saturated carbocycles. The van der Waals surface area contributed by atoms with Crippen molar-refractivity contribution in [2.75, 3.05) is 18.0 Å². The molecule has 1 saturated heterocycles. The molecule has 130 valence electrons. The lowest BCUT2D eigenvalue weighted by molar-refractivity contribution is -0.139. The molecule has 0 bridgehead atoms. The van der Waals surface area contributed by atoms with E-state index in [9.17, 15) is 9.59 Å². The number of hydrogen-bond donors (Lipinski definition) is 0. The second kappa shape index (κ2) is 7.66. The molecule has 2 amide bonds. The fraction of sp³-hybridized carbons (Fsp3) is 0.316. The molecule has 1 aliphatic rings. The number of para-hydroxylation sites is 1. The van der Waals surface area contributed by atoms with Crippen LogP contribution in [-0.4, -0.2) is 40.8 Å². The Morgan fingerprint density at radius 2 is 1.96 bits per heavy atom. The number of pyridine rings is 1. The van der Waals surface area contributed by atoms with Crippen LogP contribution in [-0.2, 0) is 16.0 Å². The SMILES string of the molecule is C[C@H]1CN(c2ccccc2Cl)C(=O)CN1C(=O)CCc1ccncc1. The van der Waals surface area contributed by atoms with Crippen molar-refractivity contribution in [3.05, 3.63) is 59.4 Å². The van der Waals surface area contributed by atoms with Crippen molar-refractivity contribution in [3.63, 3.8) is 0 Å². The zero-order chi connectivity index (χ0) is 17.8. The predicted molar refractivity (Wildman–Crippen MR) is 97.5 cm³/mol. The average Bonchev–Trinajstić information content (AvgIpc) is 2.63. The van der Waals surface area contributed by atoms with Crippen molar-refractivity contribution in [1.82, 2.24) is 9.88 Å². The topological polar surface area (TPSA) is 53.5 Å². The summed E-state index contributed by atoms with van der Waals surface area (Å²) in [7, 11) is 0. The van der Waals surface area contributed by atoms with E-state index in [2.05, 4.69) is 4.98 Å². The van der Waals surface area contributed by atoms with Gasteiger partial charge in [-0.3, -0.25) is 14.6 Å². The van der Waals surface area contributed by atoms with Gasteiger partial charge in [-0.05, 0) is 43.2 Å². The van der Waals surface area contributed by atoms with E-state index in [-0.39, 0.29) is 24.4 Å². The zero-order valence-corrected chi connectivity index (χ0v) is 14.8. The number of amides is 2. The van der Waals surface area contributed by atoms with Crippen LogP contribution in [0.3, 0.4) is 0 Å². The van der Waals surface area contributed by atoms with Gasteiger partial charge in [0.05, 0.1) is 10.7 Å². The normalized spacial score (nSPS) is 17.7. The predicted octanol–water partition coefficient (Wildman–Crippen LogP) is 2.93. The Bertz CT molecular complexity index is 766. The highest BCUT2D eigenvalue weighted by Gasteiger charge is 2.33. The summed E-state index contributed by atoms with van der Waals surface area (Å²) in [6.07, 6.45) is 4.46. The number of aromatic nitrogens is 1. The molecule has 0 unspecified atom stereocenters. The highest BCUT2D eigenvalue weighted by molar-refractivity contribution is 6.33. The Labute approximate surface area is 152 Å². The van der Waals surface area contributed by atoms with E-state index in [0.717, 1.165) is 5.56 Å². The van der Waals surface area contributed by atoms with Crippen LogP contribution in [0.2, 0.25) is 5.02 Å². The minimum atomic E-state index is -0.108. The van der Waals surface area contributed by atoms with E-state index in [0.29, 0.717) is 30.1 Å². The van der Waals surface area contributed by atoms with Gasteiger partial charge in [-0.1, -0.05) is 23.7 Å². The summed E-state index contributed by atoms with van der Waals surface area (Å²) in [5.74, 6) is -0.111. The van der Waals surface area contributed by atoms with Gasteiger partial charge < -0.3 is 9.80 Å². The molecule has 0 radical (unpaired) electrons. The molecular formula is C19H20ClN3O2. The molecule has 2 heterocycles. The Morgan fingerprint density at radius 3 is 2.68 bits per heavy atom. The van der Waals surface area contributed by atoms with Crippen molar-refractivity contribution in [3.8, 4) is 0 Å². The number of carbonyl (C=O) groups is 2. The van der Waals surface area contributed by atoms with Crippen molar-refractivity contribution < 1.29 is 9.59 Å². The lowest BCUT2D eigenvalue weighted by Gasteiger charge is -2.39. The van der Waals surface area contributed by atoms with E-state index in [1.165, 1.54) is 0 Å². The average molecular weight is 358 g/mol. The van der Waals surface area contributed by atoms with E-state index in [1.807, 2.05) is 37.3 Å². The van der Waals surface area contributed by atoms with Crippen LogP contribution in [0.1, 0.15) is 18.9 Å². The summed E-state index contributed by atoms with van der Waals surface area (Å²) < 4.78 is 0. The summed E-state index contributed by atoms with van der Waals surface area (Å²) in [5, 5.41) is 0.542. The molecule has 2 aromatic rings. The summed E-state index contributed by atoms with van der Waals surface area (Å²) >= 11 is 6.21. The minimum absolute atomic E-state index is 0.00327. The molecule has 1 aromatic carbocycles. The molecule has 0 aliphatic carbocycles. The van der Waals surface area contributed by atoms with Crippen LogP contribution < -0.4 is 4.90 Å². The summed E-state index contributed by atoms with van der Waals surface area (Å²) in [4.78, 5) is 32.4. The monoisotopic (exact) mass is 357 g/mol. The van der Waals surface area contributed by atoms with Crippen LogP contribution in [0.5, 0.6) is 0 Å². The van der Waals surface area contributed by atoms with Gasteiger partial charge in [0.15, 0.2) is 0 Å². The zero-order valence-electron chi connectivity index (χ0n) is 14.1. The third-order valence-corrected chi connectivity index (χ3v) is 4.75. The second-order valence-corrected chi connectivity index (χ2v) is 6.59. The molecular weight excluding hydrogens is 338 g/mol. The summed E-state index contributed by atoms with van der Waals surface area (Å²) in [6.45, 7) is 2.49. The molecule has 1 aromatic heterocycles. The first-order chi connectivity index (χ1) is 12.1. The molecule has 1 fully saturated rings. The first-order valence-electron chi connectivity index (χ1n) is 8.29. The first-order valence-corrected chi connectivity index (χ1v) is 8.67. The molecule has 1 atom stereocenters. The Morgan fingerprint density at radius 1 is 1.24 bits per heavy atom. The highest BCUT2D eigenvalue weighted by Crippen LogP contribution is 2.28. The largest absolute Gasteiger partial charge is 0.329 e. The molecule has 5 nitrogen and oxygen atoms in total. The van der Waals surface area contributed by atoms with Crippen molar-refractivity contribution in [2.45, 2.75) is 25.8 Å².